The zero-order valence-corrected chi connectivity index (χ0v) is 17.3. The summed E-state index contributed by atoms with van der Waals surface area (Å²) in [6, 6.07) is 11.6. The maximum atomic E-state index is 5.94. The van der Waals surface area contributed by atoms with Gasteiger partial charge in [-0.3, -0.25) is 0 Å². The van der Waals surface area contributed by atoms with E-state index in [1.165, 1.54) is 0 Å². The molecular weight excluding hydrogens is 368 g/mol. The minimum Gasteiger partial charge on any atom is -0.493 e. The molecule has 0 saturated carbocycles. The molecule has 0 fully saturated rings. The van der Waals surface area contributed by atoms with Crippen LogP contribution in [0.1, 0.15) is 26.6 Å². The van der Waals surface area contributed by atoms with Crippen LogP contribution in [-0.2, 0) is 6.54 Å². The normalized spacial score (nSPS) is 11.4. The summed E-state index contributed by atoms with van der Waals surface area (Å²) in [4.78, 5) is 4.63. The van der Waals surface area contributed by atoms with Gasteiger partial charge in [-0.2, -0.15) is 0 Å². The molecular formula is C22H24N4O3. The minimum absolute atomic E-state index is 0.0551. The van der Waals surface area contributed by atoms with Crippen molar-refractivity contribution < 1.29 is 13.9 Å². The molecule has 0 spiro atoms. The number of imidazole rings is 1. The fourth-order valence-electron chi connectivity index (χ4n) is 3.39. The smallest absolute Gasteiger partial charge is 0.248 e. The molecule has 0 unspecified atom stereocenters. The summed E-state index contributed by atoms with van der Waals surface area (Å²) in [6.07, 6.45) is 0.0551. The lowest BCUT2D eigenvalue weighted by molar-refractivity contribution is 0.230. The summed E-state index contributed by atoms with van der Waals surface area (Å²) >= 11 is 0. The van der Waals surface area contributed by atoms with Crippen molar-refractivity contribution in [2.24, 2.45) is 0 Å². The van der Waals surface area contributed by atoms with Crippen LogP contribution in [0.5, 0.6) is 11.5 Å². The predicted molar refractivity (Wildman–Crippen MR) is 111 cm³/mol. The van der Waals surface area contributed by atoms with E-state index in [4.69, 9.17) is 13.9 Å². The molecule has 29 heavy (non-hydrogen) atoms. The van der Waals surface area contributed by atoms with Gasteiger partial charge >= 0.3 is 0 Å². The standard InChI is InChI=1S/C22H24N4O3/c1-6-26-14(4)23-17-11-15(7-9-18(17)26)21-24-25-22(29-21)16-8-10-19(28-13(2)3)20(12-16)27-5/h7-13H,6H2,1-5H3. The molecule has 150 valence electrons. The van der Waals surface area contributed by atoms with Crippen LogP contribution in [0.2, 0.25) is 0 Å². The predicted octanol–water partition coefficient (Wildman–Crippen LogP) is 4.88. The number of ether oxygens (including phenoxy) is 2. The van der Waals surface area contributed by atoms with Gasteiger partial charge in [-0.1, -0.05) is 0 Å². The molecule has 4 rings (SSSR count). The number of aryl methyl sites for hydroxylation is 2. The number of methoxy groups -OCH3 is 1. The highest BCUT2D eigenvalue weighted by Gasteiger charge is 2.15. The molecule has 7 nitrogen and oxygen atoms in total. The van der Waals surface area contributed by atoms with E-state index in [1.807, 2.05) is 57.2 Å². The molecule has 0 aliphatic rings. The number of hydrogen-bond acceptors (Lipinski definition) is 6. The van der Waals surface area contributed by atoms with E-state index in [2.05, 4.69) is 26.7 Å². The molecule has 0 amide bonds. The van der Waals surface area contributed by atoms with Gasteiger partial charge in [0.1, 0.15) is 5.82 Å². The van der Waals surface area contributed by atoms with Gasteiger partial charge in [0, 0.05) is 17.7 Å². The summed E-state index contributed by atoms with van der Waals surface area (Å²) in [6.45, 7) is 8.94. The van der Waals surface area contributed by atoms with Crippen LogP contribution in [0.15, 0.2) is 40.8 Å². The van der Waals surface area contributed by atoms with Gasteiger partial charge in [0.2, 0.25) is 11.8 Å². The number of benzene rings is 2. The van der Waals surface area contributed by atoms with Gasteiger partial charge in [0.15, 0.2) is 11.5 Å². The lowest BCUT2D eigenvalue weighted by Crippen LogP contribution is -2.06. The van der Waals surface area contributed by atoms with Crippen LogP contribution in [0.4, 0.5) is 0 Å². The summed E-state index contributed by atoms with van der Waals surface area (Å²) in [7, 11) is 1.61. The van der Waals surface area contributed by atoms with Crippen LogP contribution in [0, 0.1) is 6.92 Å². The lowest BCUT2D eigenvalue weighted by Gasteiger charge is -2.13. The van der Waals surface area contributed by atoms with Crippen molar-refractivity contribution in [3.63, 3.8) is 0 Å². The molecule has 0 radical (unpaired) electrons. The summed E-state index contributed by atoms with van der Waals surface area (Å²) in [5.41, 5.74) is 3.62. The van der Waals surface area contributed by atoms with Gasteiger partial charge in [0.05, 0.1) is 24.2 Å². The van der Waals surface area contributed by atoms with E-state index in [0.29, 0.717) is 23.3 Å². The van der Waals surface area contributed by atoms with Gasteiger partial charge in [-0.05, 0) is 64.1 Å². The Hall–Kier alpha value is -3.35. The van der Waals surface area contributed by atoms with Crippen molar-refractivity contribution in [1.29, 1.82) is 0 Å². The van der Waals surface area contributed by atoms with Gasteiger partial charge in [-0.25, -0.2) is 4.98 Å². The second-order valence-electron chi connectivity index (χ2n) is 7.05. The number of rotatable bonds is 6. The first-order chi connectivity index (χ1) is 14.0. The van der Waals surface area contributed by atoms with Crippen LogP contribution in [0.25, 0.3) is 33.9 Å². The first-order valence-electron chi connectivity index (χ1n) is 9.66. The third kappa shape index (κ3) is 3.55. The van der Waals surface area contributed by atoms with Crippen LogP contribution in [-0.4, -0.2) is 33.0 Å². The van der Waals surface area contributed by atoms with E-state index in [1.54, 1.807) is 7.11 Å². The second kappa shape index (κ2) is 7.58. The number of fused-ring (bicyclic) bond motifs is 1. The zero-order chi connectivity index (χ0) is 20.5. The second-order valence-corrected chi connectivity index (χ2v) is 7.05. The largest absolute Gasteiger partial charge is 0.493 e. The first kappa shape index (κ1) is 19.0. The summed E-state index contributed by atoms with van der Waals surface area (Å²) < 4.78 is 19.3. The Kier molecular flexibility index (Phi) is 4.96. The Labute approximate surface area is 169 Å². The zero-order valence-electron chi connectivity index (χ0n) is 17.3. The van der Waals surface area contributed by atoms with Crippen LogP contribution >= 0.6 is 0 Å². The molecule has 0 bridgehead atoms. The van der Waals surface area contributed by atoms with E-state index in [9.17, 15) is 0 Å². The van der Waals surface area contributed by atoms with Gasteiger partial charge in [-0.15, -0.1) is 10.2 Å². The quantitative estimate of drug-likeness (QED) is 0.466. The maximum Gasteiger partial charge on any atom is 0.248 e. The lowest BCUT2D eigenvalue weighted by atomic mass is 10.2. The topological polar surface area (TPSA) is 75.2 Å². The Morgan fingerprint density at radius 2 is 1.69 bits per heavy atom. The minimum atomic E-state index is 0.0551. The Morgan fingerprint density at radius 1 is 1.00 bits per heavy atom. The summed E-state index contributed by atoms with van der Waals surface area (Å²) in [5, 5.41) is 8.43. The molecule has 2 heterocycles. The first-order valence-corrected chi connectivity index (χ1v) is 9.66. The fourth-order valence-corrected chi connectivity index (χ4v) is 3.39. The van der Waals surface area contributed by atoms with Crippen molar-refractivity contribution in [2.45, 2.75) is 40.3 Å². The van der Waals surface area contributed by atoms with Crippen LogP contribution in [0.3, 0.4) is 0 Å². The Balaban J connectivity index is 1.67. The van der Waals surface area contributed by atoms with E-state index in [0.717, 1.165) is 34.5 Å². The van der Waals surface area contributed by atoms with Crippen molar-refractivity contribution in [1.82, 2.24) is 19.7 Å². The fraction of sp³-hybridized carbons (Fsp3) is 0.318. The number of aromatic nitrogens is 4. The SMILES string of the molecule is CCn1c(C)nc2cc(-c3nnc(-c4ccc(OC(C)C)c(OC)c4)o3)ccc21. The molecule has 0 N–H and O–H groups in total. The molecule has 2 aromatic carbocycles. The average molecular weight is 392 g/mol. The highest BCUT2D eigenvalue weighted by atomic mass is 16.5. The molecule has 0 saturated heterocycles. The third-order valence-electron chi connectivity index (χ3n) is 4.70. The molecule has 0 aliphatic heterocycles. The third-order valence-corrected chi connectivity index (χ3v) is 4.70. The maximum absolute atomic E-state index is 5.94. The monoisotopic (exact) mass is 392 g/mol. The van der Waals surface area contributed by atoms with Gasteiger partial charge < -0.3 is 18.5 Å². The van der Waals surface area contributed by atoms with Crippen molar-refractivity contribution in [2.75, 3.05) is 7.11 Å². The van der Waals surface area contributed by atoms with E-state index >= 15 is 0 Å². The van der Waals surface area contributed by atoms with Crippen molar-refractivity contribution >= 4 is 11.0 Å². The molecule has 7 heteroatoms. The molecule has 4 aromatic rings. The van der Waals surface area contributed by atoms with E-state index in [-0.39, 0.29) is 6.10 Å². The molecule has 2 aromatic heterocycles. The highest BCUT2D eigenvalue weighted by molar-refractivity contribution is 5.81. The number of hydrogen-bond donors (Lipinski definition) is 0. The highest BCUT2D eigenvalue weighted by Crippen LogP contribution is 2.34. The van der Waals surface area contributed by atoms with Crippen molar-refractivity contribution in [3.8, 4) is 34.4 Å². The average Bonchev–Trinajstić information content (AvgIpc) is 3.31. The summed E-state index contributed by atoms with van der Waals surface area (Å²) in [5.74, 6) is 3.16. The van der Waals surface area contributed by atoms with Gasteiger partial charge in [0.25, 0.3) is 0 Å². The van der Waals surface area contributed by atoms with Crippen LogP contribution < -0.4 is 9.47 Å². The molecule has 0 aliphatic carbocycles. The van der Waals surface area contributed by atoms with Crippen molar-refractivity contribution in [3.05, 3.63) is 42.2 Å². The Morgan fingerprint density at radius 3 is 2.34 bits per heavy atom. The molecule has 0 atom stereocenters. The Bertz CT molecular complexity index is 1160. The number of nitrogens with zero attached hydrogens (tertiary/aromatic N) is 4. The van der Waals surface area contributed by atoms with E-state index < -0.39 is 0 Å².